The molecule has 150 valence electrons. The van der Waals surface area contributed by atoms with E-state index in [4.69, 9.17) is 5.73 Å². The first-order valence-electron chi connectivity index (χ1n) is 9.07. The van der Waals surface area contributed by atoms with Crippen LogP contribution in [0.1, 0.15) is 25.1 Å². The fraction of sp³-hybridized carbons (Fsp3) is 0.316. The fourth-order valence-corrected chi connectivity index (χ4v) is 3.03. The number of benzene rings is 1. The van der Waals surface area contributed by atoms with Crippen molar-refractivity contribution in [2.75, 3.05) is 12.3 Å². The standard InChI is InChI=1S/C19H21FN8O/c1-11-14(20)5-4-13-16(11)22-18(21)23-17(13)15-9-27(26-24-15)8-12-6-7-28(25-12)19(2,3)10-29/h4-7,9,29H,8,10H2,1-3H3,(H2,21,22,23). The average molecular weight is 396 g/mol. The summed E-state index contributed by atoms with van der Waals surface area (Å²) in [6, 6.07) is 4.85. The summed E-state index contributed by atoms with van der Waals surface area (Å²) in [6.45, 7) is 5.81. The Morgan fingerprint density at radius 1 is 1.21 bits per heavy atom. The quantitative estimate of drug-likeness (QED) is 0.528. The molecule has 3 aromatic heterocycles. The van der Waals surface area contributed by atoms with Crippen LogP contribution in [0.15, 0.2) is 30.6 Å². The number of nitrogens with zero attached hydrogens (tertiary/aromatic N) is 7. The van der Waals surface area contributed by atoms with E-state index in [9.17, 15) is 9.50 Å². The third-order valence-electron chi connectivity index (χ3n) is 4.83. The van der Waals surface area contributed by atoms with E-state index in [1.165, 1.54) is 6.07 Å². The molecule has 0 aliphatic carbocycles. The number of hydrogen-bond donors (Lipinski definition) is 2. The Morgan fingerprint density at radius 3 is 2.76 bits per heavy atom. The molecule has 0 amide bonds. The number of aliphatic hydroxyl groups excluding tert-OH is 1. The van der Waals surface area contributed by atoms with E-state index in [0.717, 1.165) is 5.69 Å². The Balaban J connectivity index is 1.68. The number of hydrogen-bond acceptors (Lipinski definition) is 7. The number of nitrogen functional groups attached to an aromatic ring is 1. The van der Waals surface area contributed by atoms with Gasteiger partial charge in [-0.2, -0.15) is 5.10 Å². The summed E-state index contributed by atoms with van der Waals surface area (Å²) in [5, 5.41) is 23.0. The summed E-state index contributed by atoms with van der Waals surface area (Å²) in [6.07, 6.45) is 3.55. The van der Waals surface area contributed by atoms with Crippen LogP contribution in [-0.4, -0.2) is 46.5 Å². The molecule has 0 atom stereocenters. The predicted molar refractivity (Wildman–Crippen MR) is 105 cm³/mol. The number of aliphatic hydroxyl groups is 1. The summed E-state index contributed by atoms with van der Waals surface area (Å²) in [5.41, 5.74) is 7.97. The van der Waals surface area contributed by atoms with Crippen LogP contribution in [0, 0.1) is 12.7 Å². The minimum Gasteiger partial charge on any atom is -0.394 e. The SMILES string of the molecule is Cc1c(F)ccc2c(-c3cn(Cc4ccn(C(C)(C)CO)n4)nn3)nc(N)nc12. The van der Waals surface area contributed by atoms with Crippen LogP contribution >= 0.6 is 0 Å². The van der Waals surface area contributed by atoms with Crippen LogP contribution in [0.25, 0.3) is 22.3 Å². The van der Waals surface area contributed by atoms with Gasteiger partial charge in [-0.15, -0.1) is 5.10 Å². The molecule has 0 spiro atoms. The van der Waals surface area contributed by atoms with Gasteiger partial charge in [-0.25, -0.2) is 19.0 Å². The van der Waals surface area contributed by atoms with Crippen LogP contribution in [0.3, 0.4) is 0 Å². The zero-order valence-corrected chi connectivity index (χ0v) is 16.3. The van der Waals surface area contributed by atoms with E-state index in [2.05, 4.69) is 25.4 Å². The number of anilines is 1. The fourth-order valence-electron chi connectivity index (χ4n) is 3.03. The molecule has 10 heteroatoms. The Kier molecular flexibility index (Phi) is 4.50. The summed E-state index contributed by atoms with van der Waals surface area (Å²) < 4.78 is 17.3. The van der Waals surface area contributed by atoms with Crippen LogP contribution in [0.4, 0.5) is 10.3 Å². The summed E-state index contributed by atoms with van der Waals surface area (Å²) in [5.74, 6) is -0.313. The predicted octanol–water partition coefficient (Wildman–Crippen LogP) is 1.89. The number of nitrogens with two attached hydrogens (primary N) is 1. The maximum atomic E-state index is 13.9. The lowest BCUT2D eigenvalue weighted by Crippen LogP contribution is -2.31. The number of aromatic nitrogens is 7. The topological polar surface area (TPSA) is 121 Å². The number of fused-ring (bicyclic) bond motifs is 1. The van der Waals surface area contributed by atoms with Gasteiger partial charge in [0.2, 0.25) is 5.95 Å². The molecule has 4 aromatic rings. The Morgan fingerprint density at radius 2 is 2.00 bits per heavy atom. The molecule has 0 bridgehead atoms. The third kappa shape index (κ3) is 3.42. The van der Waals surface area contributed by atoms with Crippen LogP contribution < -0.4 is 5.73 Å². The Bertz CT molecular complexity index is 1200. The highest BCUT2D eigenvalue weighted by molar-refractivity contribution is 5.93. The van der Waals surface area contributed by atoms with Crippen molar-refractivity contribution >= 4 is 16.9 Å². The van der Waals surface area contributed by atoms with Crippen molar-refractivity contribution in [1.29, 1.82) is 0 Å². The molecule has 3 N–H and O–H groups in total. The van der Waals surface area contributed by atoms with Gasteiger partial charge in [-0.3, -0.25) is 4.68 Å². The first kappa shape index (κ1) is 18.9. The van der Waals surface area contributed by atoms with Gasteiger partial charge in [0.25, 0.3) is 0 Å². The lowest BCUT2D eigenvalue weighted by atomic mass is 10.1. The Labute approximate surface area is 166 Å². The van der Waals surface area contributed by atoms with Gasteiger partial charge in [0.15, 0.2) is 0 Å². The summed E-state index contributed by atoms with van der Waals surface area (Å²) in [7, 11) is 0. The normalized spacial score (nSPS) is 12.0. The second-order valence-corrected chi connectivity index (χ2v) is 7.52. The van der Waals surface area contributed by atoms with Gasteiger partial charge in [0.1, 0.15) is 17.2 Å². The first-order chi connectivity index (χ1) is 13.8. The minimum atomic E-state index is -0.490. The molecule has 29 heavy (non-hydrogen) atoms. The highest BCUT2D eigenvalue weighted by atomic mass is 19.1. The molecule has 0 fully saturated rings. The zero-order chi connectivity index (χ0) is 20.8. The third-order valence-corrected chi connectivity index (χ3v) is 4.83. The van der Waals surface area contributed by atoms with Crippen molar-refractivity contribution in [2.24, 2.45) is 0 Å². The first-order valence-corrected chi connectivity index (χ1v) is 9.07. The minimum absolute atomic E-state index is 0.0240. The number of rotatable bonds is 5. The highest BCUT2D eigenvalue weighted by Gasteiger charge is 2.20. The molecular weight excluding hydrogens is 375 g/mol. The maximum absolute atomic E-state index is 13.9. The maximum Gasteiger partial charge on any atom is 0.221 e. The van der Waals surface area contributed by atoms with E-state index < -0.39 is 5.54 Å². The van der Waals surface area contributed by atoms with Crippen LogP contribution in [0.2, 0.25) is 0 Å². The highest BCUT2D eigenvalue weighted by Crippen LogP contribution is 2.28. The molecule has 9 nitrogen and oxygen atoms in total. The van der Waals surface area contributed by atoms with E-state index >= 15 is 0 Å². The molecule has 0 radical (unpaired) electrons. The average Bonchev–Trinajstić information content (AvgIpc) is 3.35. The summed E-state index contributed by atoms with van der Waals surface area (Å²) in [4.78, 5) is 8.46. The smallest absolute Gasteiger partial charge is 0.221 e. The molecular formula is C19H21FN8O. The molecule has 0 saturated heterocycles. The molecule has 1 aromatic carbocycles. The largest absolute Gasteiger partial charge is 0.394 e. The number of aryl methyl sites for hydroxylation is 1. The van der Waals surface area contributed by atoms with Crippen molar-refractivity contribution in [3.8, 4) is 11.4 Å². The van der Waals surface area contributed by atoms with Crippen LogP contribution in [0.5, 0.6) is 0 Å². The van der Waals surface area contributed by atoms with Crippen molar-refractivity contribution in [3.63, 3.8) is 0 Å². The molecule has 0 aliphatic rings. The second-order valence-electron chi connectivity index (χ2n) is 7.52. The van der Waals surface area contributed by atoms with Crippen LogP contribution in [-0.2, 0) is 12.1 Å². The zero-order valence-electron chi connectivity index (χ0n) is 16.3. The van der Waals surface area contributed by atoms with Gasteiger partial charge in [-0.05, 0) is 39.0 Å². The van der Waals surface area contributed by atoms with Gasteiger partial charge >= 0.3 is 0 Å². The van der Waals surface area contributed by atoms with Gasteiger partial charge < -0.3 is 10.8 Å². The van der Waals surface area contributed by atoms with Crippen molar-refractivity contribution in [3.05, 3.63) is 47.7 Å². The molecule has 3 heterocycles. The van der Waals surface area contributed by atoms with Crippen molar-refractivity contribution in [1.82, 2.24) is 34.7 Å². The lowest BCUT2D eigenvalue weighted by molar-refractivity contribution is 0.151. The van der Waals surface area contributed by atoms with Crippen molar-refractivity contribution < 1.29 is 9.50 Å². The monoisotopic (exact) mass is 396 g/mol. The molecule has 0 unspecified atom stereocenters. The number of halogens is 1. The lowest BCUT2D eigenvalue weighted by Gasteiger charge is -2.22. The summed E-state index contributed by atoms with van der Waals surface area (Å²) >= 11 is 0. The van der Waals surface area contributed by atoms with Crippen molar-refractivity contribution in [2.45, 2.75) is 32.9 Å². The second kappa shape index (κ2) is 6.89. The van der Waals surface area contributed by atoms with E-state index in [-0.39, 0.29) is 18.4 Å². The van der Waals surface area contributed by atoms with Gasteiger partial charge in [0, 0.05) is 17.1 Å². The Hall–Kier alpha value is -3.40. The van der Waals surface area contributed by atoms with E-state index in [1.807, 2.05) is 26.1 Å². The molecule has 0 saturated carbocycles. The van der Waals surface area contributed by atoms with Gasteiger partial charge in [-0.1, -0.05) is 5.21 Å². The van der Waals surface area contributed by atoms with E-state index in [1.54, 1.807) is 28.6 Å². The van der Waals surface area contributed by atoms with E-state index in [0.29, 0.717) is 34.4 Å². The molecule has 0 aliphatic heterocycles. The molecule has 4 rings (SSSR count). The van der Waals surface area contributed by atoms with Gasteiger partial charge in [0.05, 0.1) is 36.1 Å².